The van der Waals surface area contributed by atoms with Crippen molar-refractivity contribution in [1.82, 2.24) is 4.31 Å². The van der Waals surface area contributed by atoms with Crippen molar-refractivity contribution < 1.29 is 17.9 Å². The molecule has 0 unspecified atom stereocenters. The van der Waals surface area contributed by atoms with E-state index in [1.807, 2.05) is 0 Å². The highest BCUT2D eigenvalue weighted by molar-refractivity contribution is 7.89. The molecule has 0 fully saturated rings. The average molecular weight is 286 g/mol. The summed E-state index contributed by atoms with van der Waals surface area (Å²) in [5, 5.41) is 0. The molecule has 1 aliphatic heterocycles. The number of anilines is 1. The summed E-state index contributed by atoms with van der Waals surface area (Å²) < 4.78 is 37.0. The average Bonchev–Trinajstić information content (AvgIpc) is 2.39. The lowest BCUT2D eigenvalue weighted by Gasteiger charge is -2.23. The van der Waals surface area contributed by atoms with Crippen molar-refractivity contribution in [2.45, 2.75) is 18.7 Å². The van der Waals surface area contributed by atoms with Gasteiger partial charge in [0.1, 0.15) is 13.2 Å². The third-order valence-electron chi connectivity index (χ3n) is 2.99. The Morgan fingerprint density at radius 1 is 1.21 bits per heavy atom. The first-order valence-electron chi connectivity index (χ1n) is 6.20. The molecule has 1 heterocycles. The maximum atomic E-state index is 12.4. The number of hydrogen-bond donors (Lipinski definition) is 1. The maximum absolute atomic E-state index is 12.4. The number of rotatable bonds is 4. The van der Waals surface area contributed by atoms with Crippen molar-refractivity contribution >= 4 is 15.7 Å². The molecule has 106 valence electrons. The van der Waals surface area contributed by atoms with Crippen LogP contribution in [0.3, 0.4) is 0 Å². The Morgan fingerprint density at radius 2 is 1.84 bits per heavy atom. The fourth-order valence-corrected chi connectivity index (χ4v) is 3.53. The third kappa shape index (κ3) is 2.48. The first kappa shape index (κ1) is 14.0. The highest BCUT2D eigenvalue weighted by Crippen LogP contribution is 2.38. The number of sulfonamides is 1. The summed E-state index contributed by atoms with van der Waals surface area (Å²) >= 11 is 0. The quantitative estimate of drug-likeness (QED) is 0.837. The topological polar surface area (TPSA) is 81.9 Å². The smallest absolute Gasteiger partial charge is 0.243 e. The molecule has 0 saturated heterocycles. The second-order valence-electron chi connectivity index (χ2n) is 4.13. The van der Waals surface area contributed by atoms with Crippen LogP contribution < -0.4 is 15.2 Å². The molecule has 0 atom stereocenters. The maximum Gasteiger partial charge on any atom is 0.243 e. The van der Waals surface area contributed by atoms with E-state index in [1.165, 1.54) is 16.4 Å². The molecule has 0 bridgehead atoms. The van der Waals surface area contributed by atoms with Crippen LogP contribution in [-0.2, 0) is 10.0 Å². The van der Waals surface area contributed by atoms with Crippen molar-refractivity contribution in [3.05, 3.63) is 12.1 Å². The zero-order valence-electron chi connectivity index (χ0n) is 11.0. The summed E-state index contributed by atoms with van der Waals surface area (Å²) in [6, 6.07) is 2.89. The summed E-state index contributed by atoms with van der Waals surface area (Å²) in [4.78, 5) is 0.137. The fourth-order valence-electron chi connectivity index (χ4n) is 2.02. The number of nitrogens with two attached hydrogens (primary N) is 1. The predicted octanol–water partition coefficient (Wildman–Crippen LogP) is 1.07. The highest BCUT2D eigenvalue weighted by atomic mass is 32.2. The second-order valence-corrected chi connectivity index (χ2v) is 6.06. The van der Waals surface area contributed by atoms with Crippen LogP contribution in [0.15, 0.2) is 17.0 Å². The van der Waals surface area contributed by atoms with Gasteiger partial charge in [-0.15, -0.1) is 0 Å². The number of hydrogen-bond acceptors (Lipinski definition) is 5. The minimum absolute atomic E-state index is 0.137. The van der Waals surface area contributed by atoms with Crippen LogP contribution in [0.1, 0.15) is 13.8 Å². The summed E-state index contributed by atoms with van der Waals surface area (Å²) in [6.07, 6.45) is 0. The summed E-state index contributed by atoms with van der Waals surface area (Å²) in [5.41, 5.74) is 6.11. The molecule has 2 rings (SSSR count). The SMILES string of the molecule is CCN(CC)S(=O)(=O)c1cc(N)c2c(c1)OCCO2. The molecule has 19 heavy (non-hydrogen) atoms. The van der Waals surface area contributed by atoms with Crippen LogP contribution in [0, 0.1) is 0 Å². The molecule has 0 radical (unpaired) electrons. The molecule has 1 aliphatic rings. The van der Waals surface area contributed by atoms with Gasteiger partial charge in [-0.05, 0) is 6.07 Å². The van der Waals surface area contributed by atoms with E-state index in [0.29, 0.717) is 37.8 Å². The predicted molar refractivity (Wildman–Crippen MR) is 72.0 cm³/mol. The number of nitrogens with zero attached hydrogens (tertiary/aromatic N) is 1. The molecular weight excluding hydrogens is 268 g/mol. The van der Waals surface area contributed by atoms with Crippen molar-refractivity contribution in [2.75, 3.05) is 32.0 Å². The zero-order chi connectivity index (χ0) is 14.0. The minimum atomic E-state index is -3.54. The van der Waals surface area contributed by atoms with E-state index in [2.05, 4.69) is 0 Å². The molecule has 0 amide bonds. The summed E-state index contributed by atoms with van der Waals surface area (Å²) in [7, 11) is -3.54. The Kier molecular flexibility index (Phi) is 3.86. The van der Waals surface area contributed by atoms with Crippen LogP contribution in [-0.4, -0.2) is 39.0 Å². The first-order valence-corrected chi connectivity index (χ1v) is 7.64. The Balaban J connectivity index is 2.49. The van der Waals surface area contributed by atoms with E-state index >= 15 is 0 Å². The molecule has 1 aromatic carbocycles. The van der Waals surface area contributed by atoms with Gasteiger partial charge in [0, 0.05) is 19.2 Å². The zero-order valence-corrected chi connectivity index (χ0v) is 11.9. The Labute approximate surface area is 113 Å². The van der Waals surface area contributed by atoms with E-state index in [1.54, 1.807) is 13.8 Å². The summed E-state index contributed by atoms with van der Waals surface area (Å²) in [5.74, 6) is 0.807. The number of fused-ring (bicyclic) bond motifs is 1. The van der Waals surface area contributed by atoms with Crippen LogP contribution in [0.4, 0.5) is 5.69 Å². The highest BCUT2D eigenvalue weighted by Gasteiger charge is 2.26. The lowest BCUT2D eigenvalue weighted by Crippen LogP contribution is -2.30. The van der Waals surface area contributed by atoms with Gasteiger partial charge in [-0.2, -0.15) is 4.31 Å². The molecule has 0 aromatic heterocycles. The third-order valence-corrected chi connectivity index (χ3v) is 5.02. The van der Waals surface area contributed by atoms with Gasteiger partial charge in [-0.25, -0.2) is 8.42 Å². The second kappa shape index (κ2) is 5.26. The van der Waals surface area contributed by atoms with E-state index in [9.17, 15) is 8.42 Å². The van der Waals surface area contributed by atoms with Crippen molar-refractivity contribution in [1.29, 1.82) is 0 Å². The lowest BCUT2D eigenvalue weighted by molar-refractivity contribution is 0.172. The Bertz CT molecular complexity index is 567. The van der Waals surface area contributed by atoms with Gasteiger partial charge in [0.15, 0.2) is 11.5 Å². The molecule has 0 spiro atoms. The largest absolute Gasteiger partial charge is 0.486 e. The van der Waals surface area contributed by atoms with Gasteiger partial charge in [-0.1, -0.05) is 13.8 Å². The molecule has 0 aliphatic carbocycles. The normalized spacial score (nSPS) is 14.7. The Morgan fingerprint density at radius 3 is 2.47 bits per heavy atom. The van der Waals surface area contributed by atoms with Crippen molar-refractivity contribution in [2.24, 2.45) is 0 Å². The monoisotopic (exact) mass is 286 g/mol. The first-order chi connectivity index (χ1) is 9.00. The minimum Gasteiger partial charge on any atom is -0.486 e. The van der Waals surface area contributed by atoms with Gasteiger partial charge in [0.2, 0.25) is 10.0 Å². The van der Waals surface area contributed by atoms with Crippen molar-refractivity contribution in [3.63, 3.8) is 0 Å². The molecule has 0 saturated carbocycles. The number of benzene rings is 1. The van der Waals surface area contributed by atoms with E-state index in [0.717, 1.165) is 0 Å². The van der Waals surface area contributed by atoms with E-state index in [-0.39, 0.29) is 10.6 Å². The van der Waals surface area contributed by atoms with Gasteiger partial charge in [0.05, 0.1) is 10.6 Å². The Hall–Kier alpha value is -1.47. The molecular formula is C12H18N2O4S. The molecule has 2 N–H and O–H groups in total. The van der Waals surface area contributed by atoms with Crippen molar-refractivity contribution in [3.8, 4) is 11.5 Å². The van der Waals surface area contributed by atoms with Crippen LogP contribution in [0.2, 0.25) is 0 Å². The van der Waals surface area contributed by atoms with Gasteiger partial charge in [0.25, 0.3) is 0 Å². The molecule has 1 aromatic rings. The fraction of sp³-hybridized carbons (Fsp3) is 0.500. The summed E-state index contributed by atoms with van der Waals surface area (Å²) in [6.45, 7) is 5.21. The standard InChI is InChI=1S/C12H18N2O4S/c1-3-14(4-2)19(15,16)9-7-10(13)12-11(8-9)17-5-6-18-12/h7-8H,3-6,13H2,1-2H3. The lowest BCUT2D eigenvalue weighted by atomic mass is 10.2. The molecule has 6 nitrogen and oxygen atoms in total. The van der Waals surface area contributed by atoms with E-state index in [4.69, 9.17) is 15.2 Å². The van der Waals surface area contributed by atoms with Crippen LogP contribution in [0.25, 0.3) is 0 Å². The van der Waals surface area contributed by atoms with Crippen LogP contribution in [0.5, 0.6) is 11.5 Å². The van der Waals surface area contributed by atoms with Gasteiger partial charge in [-0.3, -0.25) is 0 Å². The number of nitrogen functional groups attached to an aromatic ring is 1. The molecule has 7 heteroatoms. The van der Waals surface area contributed by atoms with Gasteiger partial charge >= 0.3 is 0 Å². The van der Waals surface area contributed by atoms with Crippen LogP contribution >= 0.6 is 0 Å². The number of ether oxygens (including phenoxy) is 2. The van der Waals surface area contributed by atoms with Gasteiger partial charge < -0.3 is 15.2 Å². The van der Waals surface area contributed by atoms with E-state index < -0.39 is 10.0 Å².